The van der Waals surface area contributed by atoms with Crippen LogP contribution in [0.25, 0.3) is 0 Å². The van der Waals surface area contributed by atoms with E-state index in [1.165, 1.54) is 5.28 Å². The predicted molar refractivity (Wildman–Crippen MR) is 31.0 cm³/mol. The van der Waals surface area contributed by atoms with Gasteiger partial charge >= 0.3 is 12.3 Å². The molecule has 0 saturated carbocycles. The summed E-state index contributed by atoms with van der Waals surface area (Å²) in [7, 11) is 0. The molecule has 0 saturated heterocycles. The zero-order valence-electron chi connectivity index (χ0n) is 3.66. The van der Waals surface area contributed by atoms with Crippen LogP contribution < -0.4 is 0 Å². The van der Waals surface area contributed by atoms with Gasteiger partial charge in [-0.25, -0.2) is 14.1 Å². The van der Waals surface area contributed by atoms with E-state index in [1.54, 1.807) is 0 Å². The van der Waals surface area contributed by atoms with Crippen LogP contribution in [0.4, 0.5) is 0 Å². The Bertz CT molecular complexity index is 20.9. The first kappa shape index (κ1) is 6.01. The van der Waals surface area contributed by atoms with E-state index >= 15 is 0 Å². The van der Waals surface area contributed by atoms with Gasteiger partial charge in [0.25, 0.3) is 0 Å². The smallest absolute Gasteiger partial charge is 0.217 e. The van der Waals surface area contributed by atoms with E-state index in [2.05, 4.69) is 26.8 Å². The van der Waals surface area contributed by atoms with E-state index in [0.29, 0.717) is 0 Å². The summed E-state index contributed by atoms with van der Waals surface area (Å²) in [5, 5.41) is 1.36. The third kappa shape index (κ3) is 5.01. The molecule has 30 valence electrons. The molecule has 0 aliphatic heterocycles. The molecule has 0 nitrogen and oxygen atoms in total. The molecule has 0 unspecified atom stereocenters. The van der Waals surface area contributed by atoms with Crippen molar-refractivity contribution in [2.24, 2.45) is 0 Å². The second-order valence-electron chi connectivity index (χ2n) is 1.19. The Morgan fingerprint density at radius 3 is 2.00 bits per heavy atom. The molecule has 0 amide bonds. The van der Waals surface area contributed by atoms with E-state index in [1.807, 2.05) is 0 Å². The molecular formula is C3H8AlBr. The maximum Gasteiger partial charge on any atom is 0.362 e. The van der Waals surface area contributed by atoms with Gasteiger partial charge < -0.3 is 0 Å². The minimum absolute atomic E-state index is 0.337. The van der Waals surface area contributed by atoms with Crippen LogP contribution in [0.2, 0.25) is 11.1 Å². The number of hydrogen-bond donors (Lipinski definition) is 0. The zero-order valence-corrected chi connectivity index (χ0v) is 6.40. The second-order valence-corrected chi connectivity index (χ2v) is 8.26. The lowest BCUT2D eigenvalue weighted by molar-refractivity contribution is 1.45. The fraction of sp³-hybridized carbons (Fsp3) is 1.00. The Morgan fingerprint density at radius 1 is 1.80 bits per heavy atom. The summed E-state index contributed by atoms with van der Waals surface area (Å²) >= 11 is 3.17. The van der Waals surface area contributed by atoms with Gasteiger partial charge in [-0.05, 0) is 0 Å². The van der Waals surface area contributed by atoms with Crippen LogP contribution in [0, 0.1) is 0 Å². The minimum Gasteiger partial charge on any atom is -0.217 e. The molecule has 2 heteroatoms. The Hall–Kier alpha value is 1.01. The van der Waals surface area contributed by atoms with Crippen LogP contribution in [0.3, 0.4) is 0 Å². The molecule has 0 aliphatic carbocycles. The van der Waals surface area contributed by atoms with Crippen LogP contribution in [0.15, 0.2) is 0 Å². The van der Waals surface area contributed by atoms with Crippen molar-refractivity contribution in [2.45, 2.75) is 18.0 Å². The summed E-state index contributed by atoms with van der Waals surface area (Å²) < 4.78 is 0. The van der Waals surface area contributed by atoms with Gasteiger partial charge in [-0.2, -0.15) is 0 Å². The molecule has 0 aromatic rings. The van der Waals surface area contributed by atoms with Gasteiger partial charge in [0.1, 0.15) is 0 Å². The van der Waals surface area contributed by atoms with Crippen molar-refractivity contribution in [1.82, 2.24) is 0 Å². The monoisotopic (exact) mass is 150 g/mol. The maximum atomic E-state index is 3.51. The highest BCUT2D eigenvalue weighted by Gasteiger charge is 1.96. The lowest BCUT2D eigenvalue weighted by Gasteiger charge is -1.78. The number of rotatable bonds is 1. The van der Waals surface area contributed by atoms with Crippen LogP contribution in [-0.2, 0) is 0 Å². The average molecular weight is 151 g/mol. The van der Waals surface area contributed by atoms with Crippen molar-refractivity contribution in [3.63, 3.8) is 0 Å². The molecule has 0 bridgehead atoms. The van der Waals surface area contributed by atoms with Crippen molar-refractivity contribution < 1.29 is 0 Å². The van der Waals surface area contributed by atoms with Gasteiger partial charge in [0.05, 0.1) is 0 Å². The topological polar surface area (TPSA) is 0 Å². The van der Waals surface area contributed by atoms with Crippen LogP contribution in [-0.4, -0.2) is 12.3 Å². The van der Waals surface area contributed by atoms with Crippen LogP contribution >= 0.6 is 14.1 Å². The lowest BCUT2D eigenvalue weighted by atomic mass is 11.0. The first-order valence-corrected chi connectivity index (χ1v) is 7.07. The van der Waals surface area contributed by atoms with Crippen molar-refractivity contribution in [3.8, 4) is 0 Å². The fourth-order valence-electron chi connectivity index (χ4n) is 0. The van der Waals surface area contributed by atoms with Gasteiger partial charge in [0.15, 0.2) is 0 Å². The zero-order chi connectivity index (χ0) is 4.28. The Balaban J connectivity index is 2.54. The van der Waals surface area contributed by atoms with Gasteiger partial charge in [0, 0.05) is 0 Å². The summed E-state index contributed by atoms with van der Waals surface area (Å²) in [6.45, 7) is 2.21. The summed E-state index contributed by atoms with van der Waals surface area (Å²) in [6.07, 6.45) is 0. The summed E-state index contributed by atoms with van der Waals surface area (Å²) in [4.78, 5) is 0. The first-order chi connectivity index (χ1) is 2.27. The molecule has 0 atom stereocenters. The standard InChI is InChI=1S/C2H5.CH3.Al.BrH/c1-2;;;/h1H2,2H3;1H3;;1H/q;;+1;/p-1. The van der Waals surface area contributed by atoms with Crippen molar-refractivity contribution in [2.75, 3.05) is 0 Å². The SMILES string of the molecule is C[CH2][Al]([CH3])[Br]. The molecule has 0 rings (SSSR count). The van der Waals surface area contributed by atoms with E-state index in [-0.39, 0.29) is 12.3 Å². The summed E-state index contributed by atoms with van der Waals surface area (Å²) in [5.74, 6) is 2.28. The minimum atomic E-state index is -0.337. The quantitative estimate of drug-likeness (QED) is 0.503. The van der Waals surface area contributed by atoms with E-state index < -0.39 is 0 Å². The number of halogens is 1. The predicted octanol–water partition coefficient (Wildman–Crippen LogP) is 2.02. The molecule has 0 heterocycles. The average Bonchev–Trinajstić information content (AvgIpc) is 1.38. The van der Waals surface area contributed by atoms with Crippen LogP contribution in [0.1, 0.15) is 6.92 Å². The number of hydrogen-bond acceptors (Lipinski definition) is 0. The highest BCUT2D eigenvalue weighted by molar-refractivity contribution is 9.24. The molecule has 0 aromatic heterocycles. The summed E-state index contributed by atoms with van der Waals surface area (Å²) in [6, 6.07) is 0. The third-order valence-corrected chi connectivity index (χ3v) is 3.63. The van der Waals surface area contributed by atoms with Gasteiger partial charge in [-0.1, -0.05) is 18.0 Å². The molecule has 0 spiro atoms. The lowest BCUT2D eigenvalue weighted by Crippen LogP contribution is -1.86. The van der Waals surface area contributed by atoms with E-state index in [0.717, 1.165) is 0 Å². The Kier molecular flexibility index (Phi) is 3.86. The van der Waals surface area contributed by atoms with Crippen LogP contribution in [0.5, 0.6) is 0 Å². The fourth-order valence-corrected chi connectivity index (χ4v) is 0. The first-order valence-electron chi connectivity index (χ1n) is 1.91. The van der Waals surface area contributed by atoms with Crippen molar-refractivity contribution in [3.05, 3.63) is 0 Å². The summed E-state index contributed by atoms with van der Waals surface area (Å²) in [5.41, 5.74) is 0. The highest BCUT2D eigenvalue weighted by Crippen LogP contribution is 1.95. The van der Waals surface area contributed by atoms with Gasteiger partial charge in [-0.3, -0.25) is 0 Å². The normalized spacial score (nSPS) is 7.80. The van der Waals surface area contributed by atoms with E-state index in [4.69, 9.17) is 0 Å². The molecule has 0 fully saturated rings. The van der Waals surface area contributed by atoms with Crippen molar-refractivity contribution in [1.29, 1.82) is 0 Å². The largest absolute Gasteiger partial charge is 0.362 e. The molecular weight excluding hydrogens is 143 g/mol. The second kappa shape index (κ2) is 3.21. The molecule has 0 aromatic carbocycles. The maximum absolute atomic E-state index is 3.51. The van der Waals surface area contributed by atoms with Gasteiger partial charge in [0.2, 0.25) is 0 Å². The molecule has 0 aliphatic rings. The Labute approximate surface area is 44.6 Å². The molecule has 0 N–H and O–H groups in total. The van der Waals surface area contributed by atoms with E-state index in [9.17, 15) is 0 Å². The highest BCUT2D eigenvalue weighted by atomic mass is 79.9. The Morgan fingerprint density at radius 2 is 2.00 bits per heavy atom. The van der Waals surface area contributed by atoms with Gasteiger partial charge in [-0.15, -0.1) is 0 Å². The van der Waals surface area contributed by atoms with Crippen molar-refractivity contribution >= 4 is 26.4 Å². The molecule has 0 radical (unpaired) electrons. The molecule has 5 heavy (non-hydrogen) atoms. The third-order valence-electron chi connectivity index (χ3n) is 0.563.